The molecule has 0 fully saturated rings. The molecule has 0 aromatic carbocycles. The normalized spacial score (nSPS) is 13.2. The summed E-state index contributed by atoms with van der Waals surface area (Å²) < 4.78 is 10.6. The van der Waals surface area contributed by atoms with Gasteiger partial charge in [0.2, 0.25) is 0 Å². The van der Waals surface area contributed by atoms with E-state index >= 15 is 0 Å². The van der Waals surface area contributed by atoms with Gasteiger partial charge in [-0.05, 0) is 40.0 Å². The second-order valence-electron chi connectivity index (χ2n) is 4.66. The van der Waals surface area contributed by atoms with Crippen molar-refractivity contribution >= 4 is 0 Å². The molecule has 0 aliphatic rings. The van der Waals surface area contributed by atoms with Crippen molar-refractivity contribution in [1.29, 1.82) is 0 Å². The van der Waals surface area contributed by atoms with Gasteiger partial charge in [-0.3, -0.25) is 0 Å². The molecule has 0 aromatic rings. The average molecular weight is 230 g/mol. The molecule has 0 aliphatic heterocycles. The number of aliphatic hydroxyl groups excluding tert-OH is 1. The van der Waals surface area contributed by atoms with E-state index in [4.69, 9.17) is 14.6 Å². The third kappa shape index (κ3) is 8.89. The highest BCUT2D eigenvalue weighted by Gasteiger charge is 2.16. The van der Waals surface area contributed by atoms with Gasteiger partial charge in [0.05, 0.1) is 18.8 Å². The second kappa shape index (κ2) is 8.74. The van der Waals surface area contributed by atoms with Crippen LogP contribution >= 0.6 is 0 Å². The molecule has 0 aromatic heterocycles. The van der Waals surface area contributed by atoms with Crippen molar-refractivity contribution in [1.82, 2.24) is 0 Å². The lowest BCUT2D eigenvalue weighted by atomic mass is 10.0. The van der Waals surface area contributed by atoms with Gasteiger partial charge >= 0.3 is 0 Å². The van der Waals surface area contributed by atoms with E-state index < -0.39 is 0 Å². The molecular formula is C13H26O3. The van der Waals surface area contributed by atoms with Crippen molar-refractivity contribution in [3.8, 4) is 0 Å². The lowest BCUT2D eigenvalue weighted by Gasteiger charge is -2.24. The predicted octanol–water partition coefficient (Wildman–Crippen LogP) is 2.54. The minimum atomic E-state index is -0.152. The molecule has 3 nitrogen and oxygen atoms in total. The zero-order chi connectivity index (χ0) is 12.4. The molecule has 3 heteroatoms. The van der Waals surface area contributed by atoms with Gasteiger partial charge in [-0.1, -0.05) is 11.6 Å². The topological polar surface area (TPSA) is 38.7 Å². The zero-order valence-electron chi connectivity index (χ0n) is 11.1. The number of methoxy groups -OCH3 is 1. The Kier molecular flexibility index (Phi) is 8.53. The maximum Gasteiger partial charge on any atom is 0.0704 e. The maximum atomic E-state index is 8.69. The van der Waals surface area contributed by atoms with E-state index in [1.54, 1.807) is 7.11 Å². The van der Waals surface area contributed by atoms with E-state index in [9.17, 15) is 0 Å². The molecule has 0 heterocycles. The molecule has 16 heavy (non-hydrogen) atoms. The summed E-state index contributed by atoms with van der Waals surface area (Å²) in [6.07, 6.45) is 5.21. The molecule has 0 spiro atoms. The van der Waals surface area contributed by atoms with Crippen LogP contribution in [0, 0.1) is 0 Å². The first-order chi connectivity index (χ1) is 7.52. The van der Waals surface area contributed by atoms with E-state index in [1.807, 2.05) is 0 Å². The molecule has 0 unspecified atom stereocenters. The number of rotatable bonds is 9. The monoisotopic (exact) mass is 230 g/mol. The fraction of sp³-hybridized carbons (Fsp3) is 0.846. The van der Waals surface area contributed by atoms with Crippen molar-refractivity contribution in [2.24, 2.45) is 0 Å². The van der Waals surface area contributed by atoms with Gasteiger partial charge in [0.25, 0.3) is 0 Å². The van der Waals surface area contributed by atoms with Gasteiger partial charge in [-0.25, -0.2) is 0 Å². The van der Waals surface area contributed by atoms with Crippen LogP contribution in [0.1, 0.15) is 40.0 Å². The Morgan fingerprint density at radius 2 is 2.00 bits per heavy atom. The molecule has 0 radical (unpaired) electrons. The summed E-state index contributed by atoms with van der Waals surface area (Å²) in [4.78, 5) is 0. The first kappa shape index (κ1) is 15.6. The third-order valence-corrected chi connectivity index (χ3v) is 2.52. The number of ether oxygens (including phenoxy) is 2. The van der Waals surface area contributed by atoms with Gasteiger partial charge < -0.3 is 14.6 Å². The summed E-state index contributed by atoms with van der Waals surface area (Å²) in [7, 11) is 1.72. The highest BCUT2D eigenvalue weighted by Crippen LogP contribution is 2.17. The standard InChI is InChI=1S/C13H26O3/c1-12(7-10-15-4)6-5-8-13(2,3)16-11-9-14/h6,14H,5,7-11H2,1-4H3. The maximum absolute atomic E-state index is 8.69. The van der Waals surface area contributed by atoms with Crippen LogP contribution in [0.5, 0.6) is 0 Å². The Bertz CT molecular complexity index is 197. The van der Waals surface area contributed by atoms with E-state index in [0.29, 0.717) is 6.61 Å². The Morgan fingerprint density at radius 1 is 1.31 bits per heavy atom. The lowest BCUT2D eigenvalue weighted by molar-refractivity contribution is -0.0374. The largest absolute Gasteiger partial charge is 0.394 e. The zero-order valence-corrected chi connectivity index (χ0v) is 11.1. The van der Waals surface area contributed by atoms with Crippen LogP contribution in [0.15, 0.2) is 11.6 Å². The van der Waals surface area contributed by atoms with Gasteiger partial charge in [-0.2, -0.15) is 0 Å². The van der Waals surface area contributed by atoms with E-state index in [1.165, 1.54) is 5.57 Å². The highest BCUT2D eigenvalue weighted by molar-refractivity contribution is 4.98. The fourth-order valence-electron chi connectivity index (χ4n) is 1.43. The summed E-state index contributed by atoms with van der Waals surface area (Å²) in [6, 6.07) is 0. The Morgan fingerprint density at radius 3 is 2.56 bits per heavy atom. The molecule has 0 aliphatic carbocycles. The molecule has 0 saturated carbocycles. The Labute approximate surface area is 99.5 Å². The number of aliphatic hydroxyl groups is 1. The predicted molar refractivity (Wildman–Crippen MR) is 66.6 cm³/mol. The molecule has 0 saturated heterocycles. The van der Waals surface area contributed by atoms with Crippen LogP contribution in [-0.4, -0.2) is 37.6 Å². The SMILES string of the molecule is COCCC(C)=CCCC(C)(C)OCCO. The summed E-state index contributed by atoms with van der Waals surface area (Å²) >= 11 is 0. The Hall–Kier alpha value is -0.380. The molecule has 0 atom stereocenters. The van der Waals surface area contributed by atoms with Crippen molar-refractivity contribution in [3.05, 3.63) is 11.6 Å². The highest BCUT2D eigenvalue weighted by atomic mass is 16.5. The van der Waals surface area contributed by atoms with Gasteiger partial charge in [-0.15, -0.1) is 0 Å². The van der Waals surface area contributed by atoms with E-state index in [2.05, 4.69) is 26.8 Å². The van der Waals surface area contributed by atoms with Gasteiger partial charge in [0, 0.05) is 13.7 Å². The van der Waals surface area contributed by atoms with Gasteiger partial charge in [0.15, 0.2) is 0 Å². The van der Waals surface area contributed by atoms with Crippen LogP contribution in [0.25, 0.3) is 0 Å². The molecule has 0 rings (SSSR count). The van der Waals surface area contributed by atoms with Crippen molar-refractivity contribution in [2.45, 2.75) is 45.6 Å². The van der Waals surface area contributed by atoms with Crippen LogP contribution < -0.4 is 0 Å². The molecular weight excluding hydrogens is 204 g/mol. The second-order valence-corrected chi connectivity index (χ2v) is 4.66. The fourth-order valence-corrected chi connectivity index (χ4v) is 1.43. The van der Waals surface area contributed by atoms with Crippen molar-refractivity contribution in [3.63, 3.8) is 0 Å². The van der Waals surface area contributed by atoms with Crippen LogP contribution in [0.2, 0.25) is 0 Å². The first-order valence-electron chi connectivity index (χ1n) is 5.91. The van der Waals surface area contributed by atoms with Crippen LogP contribution in [0.3, 0.4) is 0 Å². The summed E-state index contributed by atoms with van der Waals surface area (Å²) in [6.45, 7) is 7.53. The van der Waals surface area contributed by atoms with Crippen LogP contribution in [0.4, 0.5) is 0 Å². The van der Waals surface area contributed by atoms with E-state index in [-0.39, 0.29) is 12.2 Å². The minimum absolute atomic E-state index is 0.0894. The molecule has 0 amide bonds. The van der Waals surface area contributed by atoms with Crippen molar-refractivity contribution in [2.75, 3.05) is 26.9 Å². The summed E-state index contributed by atoms with van der Waals surface area (Å²) in [5.74, 6) is 0. The molecule has 0 bridgehead atoms. The van der Waals surface area contributed by atoms with Crippen LogP contribution in [-0.2, 0) is 9.47 Å². The summed E-state index contributed by atoms with van der Waals surface area (Å²) in [5.41, 5.74) is 1.21. The molecule has 1 N–H and O–H groups in total. The average Bonchev–Trinajstić information content (AvgIpc) is 2.23. The summed E-state index contributed by atoms with van der Waals surface area (Å²) in [5, 5.41) is 8.69. The molecule has 96 valence electrons. The Balaban J connectivity index is 3.77. The number of allylic oxidation sites excluding steroid dienone is 1. The quantitative estimate of drug-likeness (QED) is 0.619. The third-order valence-electron chi connectivity index (χ3n) is 2.52. The first-order valence-corrected chi connectivity index (χ1v) is 5.91. The number of hydrogen-bond donors (Lipinski definition) is 1. The van der Waals surface area contributed by atoms with Crippen molar-refractivity contribution < 1.29 is 14.6 Å². The lowest BCUT2D eigenvalue weighted by Crippen LogP contribution is -2.25. The van der Waals surface area contributed by atoms with Gasteiger partial charge in [0.1, 0.15) is 0 Å². The minimum Gasteiger partial charge on any atom is -0.394 e. The smallest absolute Gasteiger partial charge is 0.0704 e. The number of hydrogen-bond acceptors (Lipinski definition) is 3. The van der Waals surface area contributed by atoms with E-state index in [0.717, 1.165) is 25.9 Å².